The zero-order chi connectivity index (χ0) is 15.3. The molecule has 0 spiro atoms. The highest BCUT2D eigenvalue weighted by molar-refractivity contribution is 5.92. The zero-order valence-electron chi connectivity index (χ0n) is 11.5. The first-order valence-corrected chi connectivity index (χ1v) is 6.27. The van der Waals surface area contributed by atoms with Crippen LogP contribution in [-0.2, 0) is 0 Å². The summed E-state index contributed by atoms with van der Waals surface area (Å²) in [5, 5.41) is 31.4. The predicted octanol–water partition coefficient (Wildman–Crippen LogP) is 1.18. The lowest BCUT2D eigenvalue weighted by atomic mass is 10.2. The van der Waals surface area contributed by atoms with Crippen LogP contribution in [0, 0.1) is 19.1 Å². The highest BCUT2D eigenvalue weighted by atomic mass is 16.8. The minimum absolute atomic E-state index is 0.0963. The Labute approximate surface area is 121 Å². The van der Waals surface area contributed by atoms with E-state index < -0.39 is 0 Å². The molecule has 0 aliphatic carbocycles. The van der Waals surface area contributed by atoms with Crippen molar-refractivity contribution in [3.63, 3.8) is 0 Å². The standard InChI is InChI=1S/C12H8N6O4/c1-5-3-7(15-20-5)9-11-12(18(19)22-17-11)10(14-13-9)8-4-6(2)21-16-8/h3-4H,1-2H3. The second kappa shape index (κ2) is 4.35. The molecule has 0 fully saturated rings. The van der Waals surface area contributed by atoms with E-state index in [-0.39, 0.29) is 27.3 Å². The molecule has 0 aromatic carbocycles. The first-order valence-electron chi connectivity index (χ1n) is 6.27. The van der Waals surface area contributed by atoms with Gasteiger partial charge in [-0.05, 0) is 18.8 Å². The smallest absolute Gasteiger partial charge is 0.280 e. The van der Waals surface area contributed by atoms with Gasteiger partial charge in [0.2, 0.25) is 0 Å². The van der Waals surface area contributed by atoms with Crippen LogP contribution in [-0.4, -0.2) is 25.7 Å². The Morgan fingerprint density at radius 1 is 0.909 bits per heavy atom. The van der Waals surface area contributed by atoms with Crippen molar-refractivity contribution < 1.29 is 18.6 Å². The van der Waals surface area contributed by atoms with Gasteiger partial charge in [-0.3, -0.25) is 4.63 Å². The summed E-state index contributed by atoms with van der Waals surface area (Å²) in [6, 6.07) is 3.30. The van der Waals surface area contributed by atoms with Crippen LogP contribution in [0.1, 0.15) is 11.5 Å². The summed E-state index contributed by atoms with van der Waals surface area (Å²) < 4.78 is 14.7. The molecule has 0 amide bonds. The van der Waals surface area contributed by atoms with Crippen molar-refractivity contribution in [3.8, 4) is 22.8 Å². The molecule has 10 heteroatoms. The number of rotatable bonds is 2. The molecule has 22 heavy (non-hydrogen) atoms. The van der Waals surface area contributed by atoms with E-state index in [4.69, 9.17) is 9.05 Å². The molecule has 4 aromatic rings. The molecule has 110 valence electrons. The molecule has 0 unspecified atom stereocenters. The maximum absolute atomic E-state index is 11.9. The molecule has 0 radical (unpaired) electrons. The molecule has 4 aromatic heterocycles. The number of fused-ring (bicyclic) bond motifs is 1. The Hall–Kier alpha value is -3.30. The molecule has 0 aliphatic heterocycles. The Morgan fingerprint density at radius 2 is 1.50 bits per heavy atom. The van der Waals surface area contributed by atoms with Crippen molar-refractivity contribution >= 4 is 11.0 Å². The van der Waals surface area contributed by atoms with Crippen LogP contribution in [0.4, 0.5) is 0 Å². The minimum atomic E-state index is 0.0963. The lowest BCUT2D eigenvalue weighted by Crippen LogP contribution is -2.23. The van der Waals surface area contributed by atoms with Gasteiger partial charge in [0.25, 0.3) is 11.0 Å². The average Bonchev–Trinajstić information content (AvgIpc) is 3.20. The largest absolute Gasteiger partial charge is 0.361 e. The van der Waals surface area contributed by atoms with Crippen molar-refractivity contribution in [2.24, 2.45) is 0 Å². The second-order valence-electron chi connectivity index (χ2n) is 4.67. The Balaban J connectivity index is 2.00. The van der Waals surface area contributed by atoms with Gasteiger partial charge in [0.15, 0.2) is 11.4 Å². The van der Waals surface area contributed by atoms with Crippen LogP contribution in [0.2, 0.25) is 0 Å². The van der Waals surface area contributed by atoms with Crippen LogP contribution in [0.15, 0.2) is 25.8 Å². The number of hydrogen-bond acceptors (Lipinski definition) is 9. The molecule has 0 atom stereocenters. The number of nitrogens with zero attached hydrogens (tertiary/aromatic N) is 6. The van der Waals surface area contributed by atoms with Crippen molar-refractivity contribution in [1.82, 2.24) is 25.7 Å². The number of aryl methyl sites for hydroxylation is 2. The van der Waals surface area contributed by atoms with Gasteiger partial charge in [-0.25, -0.2) is 0 Å². The van der Waals surface area contributed by atoms with E-state index >= 15 is 0 Å². The topological polar surface area (TPSA) is 131 Å². The van der Waals surface area contributed by atoms with Crippen LogP contribution in [0.25, 0.3) is 33.8 Å². The highest BCUT2D eigenvalue weighted by Crippen LogP contribution is 2.28. The van der Waals surface area contributed by atoms with Crippen molar-refractivity contribution in [3.05, 3.63) is 28.9 Å². The average molecular weight is 300 g/mol. The molecule has 10 nitrogen and oxygen atoms in total. The molecular weight excluding hydrogens is 292 g/mol. The fourth-order valence-electron chi connectivity index (χ4n) is 2.10. The normalized spacial score (nSPS) is 11.4. The molecule has 0 saturated heterocycles. The first-order chi connectivity index (χ1) is 10.6. The molecule has 4 heterocycles. The third-order valence-electron chi connectivity index (χ3n) is 3.05. The van der Waals surface area contributed by atoms with Gasteiger partial charge in [-0.1, -0.05) is 10.3 Å². The Bertz CT molecular complexity index is 985. The zero-order valence-corrected chi connectivity index (χ0v) is 11.5. The SMILES string of the molecule is Cc1cc(-c2nnc(-c3cc(C)on3)c3c2no[n+]3[O-])no1. The van der Waals surface area contributed by atoms with Crippen LogP contribution in [0.5, 0.6) is 0 Å². The summed E-state index contributed by atoms with van der Waals surface area (Å²) in [6.07, 6.45) is 0. The predicted molar refractivity (Wildman–Crippen MR) is 69.0 cm³/mol. The fourth-order valence-corrected chi connectivity index (χ4v) is 2.10. The van der Waals surface area contributed by atoms with E-state index in [1.807, 2.05) is 0 Å². The molecule has 0 N–H and O–H groups in total. The number of hydrogen-bond donors (Lipinski definition) is 0. The van der Waals surface area contributed by atoms with E-state index in [0.29, 0.717) is 22.9 Å². The van der Waals surface area contributed by atoms with Crippen molar-refractivity contribution in [2.45, 2.75) is 13.8 Å². The van der Waals surface area contributed by atoms with Crippen LogP contribution < -0.4 is 4.90 Å². The lowest BCUT2D eigenvalue weighted by molar-refractivity contribution is -0.782. The van der Waals surface area contributed by atoms with Gasteiger partial charge in [-0.15, -0.1) is 10.2 Å². The van der Waals surface area contributed by atoms with Crippen molar-refractivity contribution in [1.29, 1.82) is 0 Å². The van der Waals surface area contributed by atoms with E-state index in [1.54, 1.807) is 26.0 Å². The summed E-state index contributed by atoms with van der Waals surface area (Å²) in [5.74, 6) is 1.18. The van der Waals surface area contributed by atoms with Gasteiger partial charge < -0.3 is 14.3 Å². The first kappa shape index (κ1) is 12.4. The molecule has 4 rings (SSSR count). The summed E-state index contributed by atoms with van der Waals surface area (Å²) in [7, 11) is 0. The Kier molecular flexibility index (Phi) is 2.46. The van der Waals surface area contributed by atoms with Gasteiger partial charge >= 0.3 is 0 Å². The summed E-state index contributed by atoms with van der Waals surface area (Å²) >= 11 is 0. The molecule has 0 saturated carbocycles. The third kappa shape index (κ3) is 1.74. The Morgan fingerprint density at radius 3 is 2.09 bits per heavy atom. The number of aromatic nitrogens is 6. The van der Waals surface area contributed by atoms with Gasteiger partial charge in [0.1, 0.15) is 22.9 Å². The summed E-state index contributed by atoms with van der Waals surface area (Å²) in [5.41, 5.74) is 1.59. The third-order valence-corrected chi connectivity index (χ3v) is 3.05. The second-order valence-corrected chi connectivity index (χ2v) is 4.67. The maximum atomic E-state index is 11.9. The van der Waals surface area contributed by atoms with Crippen molar-refractivity contribution in [2.75, 3.05) is 0 Å². The molecule has 0 aliphatic rings. The van der Waals surface area contributed by atoms with Crippen LogP contribution in [0.3, 0.4) is 0 Å². The van der Waals surface area contributed by atoms with Gasteiger partial charge in [0, 0.05) is 17.3 Å². The minimum Gasteiger partial charge on any atom is -0.361 e. The van der Waals surface area contributed by atoms with E-state index in [9.17, 15) is 5.21 Å². The molecular formula is C12H8N6O4. The quantitative estimate of drug-likeness (QED) is 0.500. The summed E-state index contributed by atoms with van der Waals surface area (Å²) in [6.45, 7) is 3.47. The van der Waals surface area contributed by atoms with E-state index in [1.165, 1.54) is 0 Å². The fraction of sp³-hybridized carbons (Fsp3) is 0.167. The van der Waals surface area contributed by atoms with Crippen LogP contribution >= 0.6 is 0 Å². The monoisotopic (exact) mass is 300 g/mol. The lowest BCUT2D eigenvalue weighted by Gasteiger charge is -1.96. The van der Waals surface area contributed by atoms with Gasteiger partial charge in [-0.2, -0.15) is 0 Å². The molecule has 0 bridgehead atoms. The van der Waals surface area contributed by atoms with E-state index in [2.05, 4.69) is 30.3 Å². The maximum Gasteiger partial charge on any atom is 0.280 e. The summed E-state index contributed by atoms with van der Waals surface area (Å²) in [4.78, 5) is 0.250. The highest BCUT2D eigenvalue weighted by Gasteiger charge is 2.27. The van der Waals surface area contributed by atoms with E-state index in [0.717, 1.165) is 0 Å². The van der Waals surface area contributed by atoms with Gasteiger partial charge in [0.05, 0.1) is 0 Å².